The van der Waals surface area contributed by atoms with Crippen LogP contribution in [0.2, 0.25) is 0 Å². The van der Waals surface area contributed by atoms with E-state index in [9.17, 15) is 9.59 Å². The highest BCUT2D eigenvalue weighted by molar-refractivity contribution is 5.87. The number of carbonyl (C=O) groups excluding carboxylic acids is 1. The number of hydrogen-bond donors (Lipinski definition) is 2. The Labute approximate surface area is 168 Å². The van der Waals surface area contributed by atoms with Crippen LogP contribution in [0, 0.1) is 11.8 Å². The second-order valence-electron chi connectivity index (χ2n) is 8.17. The highest BCUT2D eigenvalue weighted by Crippen LogP contribution is 2.21. The Morgan fingerprint density at radius 3 is 2.39 bits per heavy atom. The van der Waals surface area contributed by atoms with Gasteiger partial charge in [0.2, 0.25) is 0 Å². The summed E-state index contributed by atoms with van der Waals surface area (Å²) in [6.45, 7) is 12.2. The summed E-state index contributed by atoms with van der Waals surface area (Å²) >= 11 is 0. The van der Waals surface area contributed by atoms with Gasteiger partial charge in [-0.2, -0.15) is 0 Å². The first-order chi connectivity index (χ1) is 13.4. The molecule has 1 saturated heterocycles. The van der Waals surface area contributed by atoms with Gasteiger partial charge < -0.3 is 20.2 Å². The van der Waals surface area contributed by atoms with Crippen molar-refractivity contribution >= 4 is 12.0 Å². The number of urea groups is 1. The average molecular weight is 390 g/mol. The number of carboxylic acids is 1. The number of rotatable bonds is 9. The van der Waals surface area contributed by atoms with Gasteiger partial charge in [-0.05, 0) is 61.9 Å². The normalized spacial score (nSPS) is 15.2. The van der Waals surface area contributed by atoms with Crippen molar-refractivity contribution in [3.05, 3.63) is 35.4 Å². The SMILES string of the molecule is CCN(CCC1CCN(C(=O)NCc2ccc(C(=O)O)cc2)CC1)CC(C)C. The van der Waals surface area contributed by atoms with Crippen LogP contribution in [-0.2, 0) is 6.54 Å². The zero-order valence-corrected chi connectivity index (χ0v) is 17.5. The topological polar surface area (TPSA) is 72.9 Å². The van der Waals surface area contributed by atoms with Crippen LogP contribution in [0.3, 0.4) is 0 Å². The van der Waals surface area contributed by atoms with Crippen LogP contribution in [0.4, 0.5) is 4.79 Å². The lowest BCUT2D eigenvalue weighted by molar-refractivity contribution is 0.0697. The van der Waals surface area contributed by atoms with Crippen molar-refractivity contribution in [3.63, 3.8) is 0 Å². The van der Waals surface area contributed by atoms with Crippen molar-refractivity contribution in [3.8, 4) is 0 Å². The quantitative estimate of drug-likeness (QED) is 0.676. The zero-order chi connectivity index (χ0) is 20.5. The van der Waals surface area contributed by atoms with E-state index in [1.807, 2.05) is 4.90 Å². The Kier molecular flexibility index (Phi) is 8.77. The van der Waals surface area contributed by atoms with E-state index in [2.05, 4.69) is 31.0 Å². The van der Waals surface area contributed by atoms with E-state index >= 15 is 0 Å². The number of hydrogen-bond acceptors (Lipinski definition) is 3. The molecule has 2 N–H and O–H groups in total. The predicted molar refractivity (Wildman–Crippen MR) is 112 cm³/mol. The van der Waals surface area contributed by atoms with Gasteiger partial charge in [0.05, 0.1) is 5.56 Å². The summed E-state index contributed by atoms with van der Waals surface area (Å²) in [6, 6.07) is 6.58. The summed E-state index contributed by atoms with van der Waals surface area (Å²) in [5.74, 6) is 0.462. The molecule has 0 bridgehead atoms. The molecule has 1 aliphatic heterocycles. The van der Waals surface area contributed by atoms with Crippen LogP contribution in [-0.4, -0.2) is 59.6 Å². The van der Waals surface area contributed by atoms with Crippen molar-refractivity contribution in [2.75, 3.05) is 32.7 Å². The summed E-state index contributed by atoms with van der Waals surface area (Å²) in [6.07, 6.45) is 3.35. The Balaban J connectivity index is 1.69. The van der Waals surface area contributed by atoms with Gasteiger partial charge in [-0.3, -0.25) is 0 Å². The van der Waals surface area contributed by atoms with Crippen LogP contribution in [0.15, 0.2) is 24.3 Å². The number of nitrogens with zero attached hydrogens (tertiary/aromatic N) is 2. The molecule has 0 spiro atoms. The fraction of sp³-hybridized carbons (Fsp3) is 0.636. The van der Waals surface area contributed by atoms with Gasteiger partial charge in [0.1, 0.15) is 0 Å². The Morgan fingerprint density at radius 2 is 1.86 bits per heavy atom. The molecule has 0 aromatic heterocycles. The monoisotopic (exact) mass is 389 g/mol. The third-order valence-corrected chi connectivity index (χ3v) is 5.47. The van der Waals surface area contributed by atoms with Gasteiger partial charge in [0.25, 0.3) is 0 Å². The third-order valence-electron chi connectivity index (χ3n) is 5.47. The van der Waals surface area contributed by atoms with Crippen molar-refractivity contribution < 1.29 is 14.7 Å². The summed E-state index contributed by atoms with van der Waals surface area (Å²) in [7, 11) is 0. The van der Waals surface area contributed by atoms with E-state index in [1.54, 1.807) is 24.3 Å². The van der Waals surface area contributed by atoms with Gasteiger partial charge in [0.15, 0.2) is 0 Å². The van der Waals surface area contributed by atoms with E-state index in [0.29, 0.717) is 18.4 Å². The molecule has 2 amide bonds. The number of nitrogens with one attached hydrogen (secondary N) is 1. The minimum Gasteiger partial charge on any atom is -0.478 e. The molecule has 0 aliphatic carbocycles. The number of carbonyl (C=O) groups is 2. The highest BCUT2D eigenvalue weighted by Gasteiger charge is 2.23. The average Bonchev–Trinajstić information content (AvgIpc) is 2.69. The lowest BCUT2D eigenvalue weighted by Crippen LogP contribution is -2.44. The molecule has 0 saturated carbocycles. The van der Waals surface area contributed by atoms with E-state index in [4.69, 9.17) is 5.11 Å². The summed E-state index contributed by atoms with van der Waals surface area (Å²) in [5.41, 5.74) is 1.16. The lowest BCUT2D eigenvalue weighted by Gasteiger charge is -2.33. The number of aromatic carboxylic acids is 1. The van der Waals surface area contributed by atoms with E-state index in [0.717, 1.165) is 51.1 Å². The van der Waals surface area contributed by atoms with Crippen LogP contribution < -0.4 is 5.32 Å². The second-order valence-corrected chi connectivity index (χ2v) is 8.17. The number of carboxylic acid groups (broad SMARTS) is 1. The molecule has 1 heterocycles. The molecular weight excluding hydrogens is 354 g/mol. The van der Waals surface area contributed by atoms with Crippen molar-refractivity contribution in [1.29, 1.82) is 0 Å². The molecule has 28 heavy (non-hydrogen) atoms. The third kappa shape index (κ3) is 7.15. The van der Waals surface area contributed by atoms with Crippen molar-refractivity contribution in [2.24, 2.45) is 11.8 Å². The molecule has 0 radical (unpaired) electrons. The van der Waals surface area contributed by atoms with Crippen molar-refractivity contribution in [2.45, 2.75) is 46.6 Å². The summed E-state index contributed by atoms with van der Waals surface area (Å²) in [5, 5.41) is 11.9. The summed E-state index contributed by atoms with van der Waals surface area (Å²) < 4.78 is 0. The van der Waals surface area contributed by atoms with Crippen LogP contribution in [0.1, 0.15) is 56.0 Å². The Hall–Kier alpha value is -2.08. The van der Waals surface area contributed by atoms with Gasteiger partial charge in [-0.15, -0.1) is 0 Å². The van der Waals surface area contributed by atoms with Gasteiger partial charge in [-0.25, -0.2) is 9.59 Å². The molecule has 2 rings (SSSR count). The van der Waals surface area contributed by atoms with Gasteiger partial charge in [-0.1, -0.05) is 32.9 Å². The molecule has 1 aliphatic rings. The van der Waals surface area contributed by atoms with Gasteiger partial charge >= 0.3 is 12.0 Å². The first kappa shape index (κ1) is 22.2. The minimum absolute atomic E-state index is 0.0317. The highest BCUT2D eigenvalue weighted by atomic mass is 16.4. The first-order valence-electron chi connectivity index (χ1n) is 10.5. The van der Waals surface area contributed by atoms with Crippen LogP contribution >= 0.6 is 0 Å². The van der Waals surface area contributed by atoms with Crippen LogP contribution in [0.25, 0.3) is 0 Å². The van der Waals surface area contributed by atoms with Crippen LogP contribution in [0.5, 0.6) is 0 Å². The standard InChI is InChI=1S/C22H35N3O3/c1-4-24(16-17(2)3)12-9-18-10-13-25(14-11-18)22(28)23-15-19-5-7-20(8-6-19)21(26)27/h5-8,17-18H,4,9-16H2,1-3H3,(H,23,28)(H,26,27). The fourth-order valence-corrected chi connectivity index (χ4v) is 3.74. The largest absolute Gasteiger partial charge is 0.478 e. The Bertz CT molecular complexity index is 622. The maximum Gasteiger partial charge on any atom is 0.335 e. The number of benzene rings is 1. The van der Waals surface area contributed by atoms with E-state index in [-0.39, 0.29) is 11.6 Å². The number of likely N-dealkylation sites (tertiary alicyclic amines) is 1. The molecule has 0 unspecified atom stereocenters. The molecule has 1 fully saturated rings. The molecule has 1 aromatic carbocycles. The first-order valence-corrected chi connectivity index (χ1v) is 10.5. The molecule has 6 nitrogen and oxygen atoms in total. The molecule has 0 atom stereocenters. The number of piperidine rings is 1. The summed E-state index contributed by atoms with van der Waals surface area (Å²) in [4.78, 5) is 27.7. The smallest absolute Gasteiger partial charge is 0.335 e. The second kappa shape index (κ2) is 11.1. The molecule has 156 valence electrons. The number of amides is 2. The molecule has 6 heteroatoms. The van der Waals surface area contributed by atoms with Crippen molar-refractivity contribution in [1.82, 2.24) is 15.1 Å². The molecule has 1 aromatic rings. The maximum absolute atomic E-state index is 12.4. The minimum atomic E-state index is -0.940. The predicted octanol–water partition coefficient (Wildman–Crippen LogP) is 3.67. The van der Waals surface area contributed by atoms with E-state index < -0.39 is 5.97 Å². The van der Waals surface area contributed by atoms with Gasteiger partial charge in [0, 0.05) is 26.2 Å². The van der Waals surface area contributed by atoms with E-state index in [1.165, 1.54) is 6.42 Å². The zero-order valence-electron chi connectivity index (χ0n) is 17.5. The maximum atomic E-state index is 12.4. The molecular formula is C22H35N3O3. The Morgan fingerprint density at radius 1 is 1.21 bits per heavy atom. The lowest BCUT2D eigenvalue weighted by atomic mass is 9.93. The fourth-order valence-electron chi connectivity index (χ4n) is 3.74.